The molecule has 2 heterocycles. The van der Waals surface area contributed by atoms with E-state index in [0.717, 1.165) is 16.7 Å². The SMILES string of the molecule is CCC(=O)Oc1ccc(CC2COCCN2CC(=O)C[C@@H](CCc2ccccc2)C(=O)N[C@@H](CC(C)C)C(=O)C[C@@H](Cc2ccccc2)C(=O)N[C@@H](CC(C)C)C(=O)[C@@]2(C)CO2)cc1/C=N/OC. The number of epoxide rings is 1. The van der Waals surface area contributed by atoms with E-state index in [0.29, 0.717) is 69.8 Å². The summed E-state index contributed by atoms with van der Waals surface area (Å²) in [5.41, 5.74) is 2.45. The number of rotatable bonds is 28. The van der Waals surface area contributed by atoms with Gasteiger partial charge >= 0.3 is 5.97 Å². The van der Waals surface area contributed by atoms with Gasteiger partial charge in [-0.3, -0.25) is 33.7 Å². The van der Waals surface area contributed by atoms with E-state index in [1.807, 2.05) is 100 Å². The van der Waals surface area contributed by atoms with Gasteiger partial charge in [-0.2, -0.15) is 0 Å². The van der Waals surface area contributed by atoms with Gasteiger partial charge in [0.25, 0.3) is 0 Å². The lowest BCUT2D eigenvalue weighted by atomic mass is 9.87. The Balaban J connectivity index is 1.32. The van der Waals surface area contributed by atoms with E-state index in [1.165, 1.54) is 13.3 Å². The molecule has 2 aliphatic rings. The number of esters is 1. The molecule has 0 saturated carbocycles. The van der Waals surface area contributed by atoms with Gasteiger partial charge in [0, 0.05) is 49.2 Å². The fraction of sp³-hybridized carbons (Fsp3) is 0.537. The molecule has 368 valence electrons. The predicted molar refractivity (Wildman–Crippen MR) is 260 cm³/mol. The van der Waals surface area contributed by atoms with Crippen LogP contribution in [0, 0.1) is 23.7 Å². The Morgan fingerprint density at radius 1 is 0.838 bits per heavy atom. The quantitative estimate of drug-likeness (QED) is 0.0261. The van der Waals surface area contributed by atoms with Crippen LogP contribution < -0.4 is 15.4 Å². The lowest BCUT2D eigenvalue weighted by Crippen LogP contribution is -2.50. The second-order valence-corrected chi connectivity index (χ2v) is 19.3. The molecular weight excluding hydrogens is 865 g/mol. The van der Waals surface area contributed by atoms with Crippen molar-refractivity contribution in [1.82, 2.24) is 15.5 Å². The first kappa shape index (κ1) is 53.4. The number of amides is 2. The summed E-state index contributed by atoms with van der Waals surface area (Å²) < 4.78 is 16.9. The van der Waals surface area contributed by atoms with Crippen LogP contribution >= 0.6 is 0 Å². The van der Waals surface area contributed by atoms with Crippen molar-refractivity contribution in [2.75, 3.05) is 40.0 Å². The van der Waals surface area contributed by atoms with Crippen LogP contribution in [-0.2, 0) is 62.3 Å². The van der Waals surface area contributed by atoms with Gasteiger partial charge in [-0.05, 0) is 86.1 Å². The van der Waals surface area contributed by atoms with Gasteiger partial charge in [-0.25, -0.2) is 0 Å². The second kappa shape index (κ2) is 26.3. The van der Waals surface area contributed by atoms with E-state index >= 15 is 0 Å². The average molecular weight is 937 g/mol. The van der Waals surface area contributed by atoms with Crippen molar-refractivity contribution in [1.29, 1.82) is 0 Å². The average Bonchev–Trinajstić information content (AvgIpc) is 4.08. The molecule has 14 nitrogen and oxygen atoms in total. The monoisotopic (exact) mass is 937 g/mol. The Morgan fingerprint density at radius 3 is 2.10 bits per heavy atom. The highest BCUT2D eigenvalue weighted by molar-refractivity contribution is 5.98. The highest BCUT2D eigenvalue weighted by Crippen LogP contribution is 2.30. The third-order valence-electron chi connectivity index (χ3n) is 12.5. The minimum Gasteiger partial charge on any atom is -0.426 e. The van der Waals surface area contributed by atoms with Crippen molar-refractivity contribution >= 4 is 41.3 Å². The molecule has 0 spiro atoms. The maximum absolute atomic E-state index is 14.5. The fourth-order valence-electron chi connectivity index (χ4n) is 8.64. The molecule has 2 N–H and O–H groups in total. The number of nitrogens with one attached hydrogen (secondary N) is 2. The molecule has 2 fully saturated rings. The number of benzene rings is 3. The molecule has 0 aromatic heterocycles. The van der Waals surface area contributed by atoms with E-state index < -0.39 is 35.4 Å². The third-order valence-corrected chi connectivity index (χ3v) is 12.5. The molecule has 14 heteroatoms. The largest absolute Gasteiger partial charge is 0.426 e. The van der Waals surface area contributed by atoms with Gasteiger partial charge in [0.15, 0.2) is 11.6 Å². The summed E-state index contributed by atoms with van der Waals surface area (Å²) in [7, 11) is 1.43. The topological polar surface area (TPSA) is 182 Å². The molecule has 3 aromatic carbocycles. The number of nitrogens with zero attached hydrogens (tertiary/aromatic N) is 2. The number of ketones is 3. The minimum atomic E-state index is -0.932. The zero-order chi connectivity index (χ0) is 49.2. The first-order valence-electron chi connectivity index (χ1n) is 24.2. The summed E-state index contributed by atoms with van der Waals surface area (Å²) >= 11 is 0. The molecule has 5 rings (SSSR count). The van der Waals surface area contributed by atoms with Gasteiger partial charge in [0.05, 0.1) is 44.7 Å². The number of hydrogen-bond donors (Lipinski definition) is 2. The number of ether oxygens (including phenoxy) is 3. The highest BCUT2D eigenvalue weighted by atomic mass is 16.6. The Labute approximate surface area is 402 Å². The summed E-state index contributed by atoms with van der Waals surface area (Å²) in [6, 6.07) is 22.9. The summed E-state index contributed by atoms with van der Waals surface area (Å²) in [4.78, 5) is 90.0. The van der Waals surface area contributed by atoms with Crippen LogP contribution in [0.5, 0.6) is 5.75 Å². The Hall–Kier alpha value is -5.57. The van der Waals surface area contributed by atoms with Crippen LogP contribution in [0.4, 0.5) is 0 Å². The highest BCUT2D eigenvalue weighted by Gasteiger charge is 2.50. The smallest absolute Gasteiger partial charge is 0.310 e. The first-order valence-corrected chi connectivity index (χ1v) is 24.2. The van der Waals surface area contributed by atoms with E-state index in [9.17, 15) is 28.8 Å². The zero-order valence-electron chi connectivity index (χ0n) is 41.0. The maximum Gasteiger partial charge on any atom is 0.310 e. The number of Topliss-reactive ketones (excluding diaryl/α,β-unsaturated/α-hetero) is 3. The second-order valence-electron chi connectivity index (χ2n) is 19.3. The number of carbonyl (C=O) groups is 6. The molecule has 1 unspecified atom stereocenters. The Bertz CT molecular complexity index is 2170. The third kappa shape index (κ3) is 16.9. The molecule has 3 aromatic rings. The Kier molecular flexibility index (Phi) is 20.6. The molecule has 68 heavy (non-hydrogen) atoms. The number of oxime groups is 1. The Morgan fingerprint density at radius 2 is 1.47 bits per heavy atom. The molecular formula is C54H72N4O10. The van der Waals surface area contributed by atoms with Gasteiger partial charge in [0.1, 0.15) is 24.2 Å². The van der Waals surface area contributed by atoms with Crippen molar-refractivity contribution in [2.24, 2.45) is 28.8 Å². The van der Waals surface area contributed by atoms with Crippen molar-refractivity contribution < 1.29 is 47.8 Å². The lowest BCUT2D eigenvalue weighted by molar-refractivity contribution is -0.136. The van der Waals surface area contributed by atoms with E-state index in [4.69, 9.17) is 19.0 Å². The summed E-state index contributed by atoms with van der Waals surface area (Å²) in [5.74, 6) is -2.79. The predicted octanol–water partition coefficient (Wildman–Crippen LogP) is 6.67. The van der Waals surface area contributed by atoms with E-state index in [1.54, 1.807) is 19.9 Å². The van der Waals surface area contributed by atoms with Crippen molar-refractivity contribution in [3.8, 4) is 5.75 Å². The van der Waals surface area contributed by atoms with Crippen LogP contribution in [0.3, 0.4) is 0 Å². The van der Waals surface area contributed by atoms with E-state index in [-0.39, 0.29) is 79.3 Å². The molecule has 0 aliphatic carbocycles. The van der Waals surface area contributed by atoms with Crippen molar-refractivity contribution in [3.05, 3.63) is 101 Å². The van der Waals surface area contributed by atoms with Gasteiger partial charge in [-0.15, -0.1) is 0 Å². The standard InChI is InChI=1S/C54H72N4O10/c1-8-50(61)68-49-22-20-40(28-43(49)32-55-65-7)29-44-34-66-24-23-58(44)33-45(59)30-41(21-19-38-15-11-9-12-16-38)52(63)56-46(25-36(2)3)48(60)31-42(27-39-17-13-10-14-18-39)53(64)57-47(26-37(4)5)51(62)54(6)35-67-54/h9-18,20,22,28,32,36-37,41-42,44,46-47H,8,19,21,23-27,29-31,33-35H2,1-7H3,(H,56,63)(H,57,64)/b55-32+/t41-,42-,44?,46+,47+,54-/m1/s1. The molecule has 6 atom stereocenters. The number of aryl methyl sites for hydroxylation is 1. The summed E-state index contributed by atoms with van der Waals surface area (Å²) in [6.45, 7) is 13.1. The fourth-order valence-corrected chi connectivity index (χ4v) is 8.64. The van der Waals surface area contributed by atoms with Crippen LogP contribution in [0.15, 0.2) is 84.0 Å². The maximum atomic E-state index is 14.5. The zero-order valence-corrected chi connectivity index (χ0v) is 41.0. The summed E-state index contributed by atoms with van der Waals surface area (Å²) in [5, 5.41) is 9.95. The van der Waals surface area contributed by atoms with Crippen molar-refractivity contribution in [3.63, 3.8) is 0 Å². The lowest BCUT2D eigenvalue weighted by Gasteiger charge is -2.35. The van der Waals surface area contributed by atoms with Crippen LogP contribution in [0.25, 0.3) is 0 Å². The van der Waals surface area contributed by atoms with Crippen LogP contribution in [0.1, 0.15) is 102 Å². The molecule has 0 bridgehead atoms. The number of carbonyl (C=O) groups excluding carboxylic acids is 6. The van der Waals surface area contributed by atoms with E-state index in [2.05, 4.69) is 20.7 Å². The van der Waals surface area contributed by atoms with Crippen LogP contribution in [0.2, 0.25) is 0 Å². The molecule has 2 aliphatic heterocycles. The first-order chi connectivity index (χ1) is 32.6. The van der Waals surface area contributed by atoms with Gasteiger partial charge in [-0.1, -0.05) is 107 Å². The van der Waals surface area contributed by atoms with Gasteiger partial charge in [0.2, 0.25) is 11.8 Å². The molecule has 2 saturated heterocycles. The number of hydrogen-bond acceptors (Lipinski definition) is 12. The number of morpholine rings is 1. The van der Waals surface area contributed by atoms with Crippen molar-refractivity contribution in [2.45, 2.75) is 123 Å². The van der Waals surface area contributed by atoms with Crippen LogP contribution in [-0.4, -0.2) is 110 Å². The summed E-state index contributed by atoms with van der Waals surface area (Å²) in [6.07, 6.45) is 3.99. The molecule has 2 amide bonds. The molecule has 0 radical (unpaired) electrons. The van der Waals surface area contributed by atoms with Gasteiger partial charge < -0.3 is 29.7 Å². The minimum absolute atomic E-state index is 0.0199. The normalized spacial score (nSPS) is 18.9.